The summed E-state index contributed by atoms with van der Waals surface area (Å²) in [5, 5.41) is 10.2. The monoisotopic (exact) mass is 327 g/mol. The first kappa shape index (κ1) is 13.8. The number of benzene rings is 1. The molecule has 2 N–H and O–H groups in total. The third-order valence-electron chi connectivity index (χ3n) is 1.82. The standard InChI is InChI=1S/C9H11BrClNO3S/c1-16(14,15)12-8-4-6(9(13)5-10)2-3-7(8)11/h2-4,9,12-13H,5H2,1H3/t9-/m0/s1. The molecule has 0 saturated heterocycles. The molecule has 1 atom stereocenters. The summed E-state index contributed by atoms with van der Waals surface area (Å²) in [5.41, 5.74) is 0.856. The van der Waals surface area contributed by atoms with E-state index in [4.69, 9.17) is 11.6 Å². The molecule has 0 fully saturated rings. The van der Waals surface area contributed by atoms with E-state index in [0.29, 0.717) is 10.9 Å². The van der Waals surface area contributed by atoms with Crippen molar-refractivity contribution in [1.29, 1.82) is 0 Å². The SMILES string of the molecule is CS(=O)(=O)Nc1cc([C@@H](O)CBr)ccc1Cl. The molecular formula is C9H11BrClNO3S. The van der Waals surface area contributed by atoms with Gasteiger partial charge in [-0.25, -0.2) is 8.42 Å². The summed E-state index contributed by atoms with van der Waals surface area (Å²) in [7, 11) is -3.38. The minimum atomic E-state index is -3.38. The van der Waals surface area contributed by atoms with Crippen LogP contribution in [0.4, 0.5) is 5.69 Å². The van der Waals surface area contributed by atoms with Gasteiger partial charge in [0.15, 0.2) is 0 Å². The summed E-state index contributed by atoms with van der Waals surface area (Å²) in [6.45, 7) is 0. The molecule has 7 heteroatoms. The number of nitrogens with one attached hydrogen (secondary N) is 1. The lowest BCUT2D eigenvalue weighted by Crippen LogP contribution is -2.10. The lowest BCUT2D eigenvalue weighted by atomic mass is 10.1. The van der Waals surface area contributed by atoms with Crippen LogP contribution in [0.3, 0.4) is 0 Å². The van der Waals surface area contributed by atoms with Crippen molar-refractivity contribution in [3.63, 3.8) is 0 Å². The largest absolute Gasteiger partial charge is 0.388 e. The molecule has 0 heterocycles. The van der Waals surface area contributed by atoms with E-state index in [-0.39, 0.29) is 10.7 Å². The predicted octanol–water partition coefficient (Wildman–Crippen LogP) is 2.14. The van der Waals surface area contributed by atoms with E-state index >= 15 is 0 Å². The second-order valence-corrected chi connectivity index (χ2v) is 6.09. The van der Waals surface area contributed by atoms with Gasteiger partial charge in [0.25, 0.3) is 0 Å². The summed E-state index contributed by atoms with van der Waals surface area (Å²) in [5.74, 6) is 0. The Kier molecular flexibility index (Phi) is 4.61. The van der Waals surface area contributed by atoms with Crippen LogP contribution in [-0.4, -0.2) is 25.1 Å². The number of aliphatic hydroxyl groups excluding tert-OH is 1. The van der Waals surface area contributed by atoms with Crippen molar-refractivity contribution in [2.24, 2.45) is 0 Å². The van der Waals surface area contributed by atoms with Crippen LogP contribution in [0.2, 0.25) is 5.02 Å². The molecular weight excluding hydrogens is 318 g/mol. The van der Waals surface area contributed by atoms with Gasteiger partial charge in [-0.1, -0.05) is 33.6 Å². The highest BCUT2D eigenvalue weighted by atomic mass is 79.9. The van der Waals surface area contributed by atoms with Gasteiger partial charge >= 0.3 is 0 Å². The first-order chi connectivity index (χ1) is 7.33. The van der Waals surface area contributed by atoms with Crippen LogP contribution >= 0.6 is 27.5 Å². The van der Waals surface area contributed by atoms with Crippen LogP contribution in [0.25, 0.3) is 0 Å². The lowest BCUT2D eigenvalue weighted by Gasteiger charge is -2.11. The van der Waals surface area contributed by atoms with E-state index in [1.807, 2.05) is 0 Å². The van der Waals surface area contributed by atoms with Crippen molar-refractivity contribution in [1.82, 2.24) is 0 Å². The molecule has 0 spiro atoms. The molecule has 0 bridgehead atoms. The quantitative estimate of drug-likeness (QED) is 0.832. The Morgan fingerprint density at radius 2 is 2.19 bits per heavy atom. The number of halogens is 2. The van der Waals surface area contributed by atoms with Crippen LogP contribution in [0, 0.1) is 0 Å². The molecule has 0 aromatic heterocycles. The van der Waals surface area contributed by atoms with Gasteiger partial charge in [0, 0.05) is 5.33 Å². The number of hydrogen-bond donors (Lipinski definition) is 2. The molecule has 1 aromatic carbocycles. The van der Waals surface area contributed by atoms with Crippen LogP contribution < -0.4 is 4.72 Å². The lowest BCUT2D eigenvalue weighted by molar-refractivity contribution is 0.205. The highest BCUT2D eigenvalue weighted by Crippen LogP contribution is 2.27. The number of hydrogen-bond acceptors (Lipinski definition) is 3. The van der Waals surface area contributed by atoms with Crippen LogP contribution in [0.5, 0.6) is 0 Å². The third-order valence-corrected chi connectivity index (χ3v) is 3.35. The molecule has 0 aliphatic heterocycles. The molecule has 1 aromatic rings. The number of sulfonamides is 1. The van der Waals surface area contributed by atoms with Gasteiger partial charge in [0.1, 0.15) is 0 Å². The molecule has 90 valence electrons. The summed E-state index contributed by atoms with van der Waals surface area (Å²) in [4.78, 5) is 0. The fraction of sp³-hybridized carbons (Fsp3) is 0.333. The van der Waals surface area contributed by atoms with E-state index < -0.39 is 16.1 Å². The highest BCUT2D eigenvalue weighted by molar-refractivity contribution is 9.09. The highest BCUT2D eigenvalue weighted by Gasteiger charge is 2.11. The molecule has 4 nitrogen and oxygen atoms in total. The van der Waals surface area contributed by atoms with E-state index in [1.165, 1.54) is 12.1 Å². The predicted molar refractivity (Wildman–Crippen MR) is 68.7 cm³/mol. The zero-order valence-corrected chi connectivity index (χ0v) is 11.6. The maximum Gasteiger partial charge on any atom is 0.229 e. The molecule has 0 saturated carbocycles. The zero-order chi connectivity index (χ0) is 12.3. The van der Waals surface area contributed by atoms with Crippen LogP contribution in [-0.2, 0) is 10.0 Å². The smallest absolute Gasteiger partial charge is 0.229 e. The normalized spacial score (nSPS) is 13.5. The Labute approximate surface area is 108 Å². The summed E-state index contributed by atoms with van der Waals surface area (Å²) >= 11 is 8.96. The molecule has 16 heavy (non-hydrogen) atoms. The van der Waals surface area contributed by atoms with Gasteiger partial charge in [-0.05, 0) is 17.7 Å². The van der Waals surface area contributed by atoms with Crippen LogP contribution in [0.15, 0.2) is 18.2 Å². The molecule has 0 unspecified atom stereocenters. The summed E-state index contributed by atoms with van der Waals surface area (Å²) < 4.78 is 24.4. The summed E-state index contributed by atoms with van der Waals surface area (Å²) in [6, 6.07) is 4.69. The molecule has 1 rings (SSSR count). The third kappa shape index (κ3) is 3.93. The average Bonchev–Trinajstić information content (AvgIpc) is 2.18. The Bertz CT molecular complexity index is 478. The maximum absolute atomic E-state index is 11.1. The number of alkyl halides is 1. The van der Waals surface area contributed by atoms with Gasteiger partial charge < -0.3 is 5.11 Å². The summed E-state index contributed by atoms with van der Waals surface area (Å²) in [6.07, 6.45) is 0.342. The zero-order valence-electron chi connectivity index (χ0n) is 8.44. The molecule has 0 amide bonds. The first-order valence-electron chi connectivity index (χ1n) is 4.35. The van der Waals surface area contributed by atoms with Crippen molar-refractivity contribution in [2.45, 2.75) is 6.10 Å². The fourth-order valence-electron chi connectivity index (χ4n) is 1.12. The van der Waals surface area contributed by atoms with Crippen molar-refractivity contribution in [3.05, 3.63) is 28.8 Å². The van der Waals surface area contributed by atoms with E-state index in [0.717, 1.165) is 6.26 Å². The molecule has 0 radical (unpaired) electrons. The topological polar surface area (TPSA) is 66.4 Å². The van der Waals surface area contributed by atoms with E-state index in [1.54, 1.807) is 6.07 Å². The van der Waals surface area contributed by atoms with Crippen LogP contribution in [0.1, 0.15) is 11.7 Å². The van der Waals surface area contributed by atoms with Gasteiger partial charge in [-0.15, -0.1) is 0 Å². The van der Waals surface area contributed by atoms with Gasteiger partial charge in [0.2, 0.25) is 10.0 Å². The Morgan fingerprint density at radius 1 is 1.56 bits per heavy atom. The molecule has 0 aliphatic carbocycles. The Hall–Kier alpha value is -0.300. The number of rotatable bonds is 4. The minimum Gasteiger partial charge on any atom is -0.388 e. The van der Waals surface area contributed by atoms with Gasteiger partial charge in [0.05, 0.1) is 23.1 Å². The van der Waals surface area contributed by atoms with Crippen molar-refractivity contribution in [3.8, 4) is 0 Å². The van der Waals surface area contributed by atoms with E-state index in [2.05, 4.69) is 20.7 Å². The van der Waals surface area contributed by atoms with Gasteiger partial charge in [-0.2, -0.15) is 0 Å². The average molecular weight is 329 g/mol. The van der Waals surface area contributed by atoms with E-state index in [9.17, 15) is 13.5 Å². The second-order valence-electron chi connectivity index (χ2n) is 3.28. The van der Waals surface area contributed by atoms with Gasteiger partial charge in [-0.3, -0.25) is 4.72 Å². The first-order valence-corrected chi connectivity index (χ1v) is 7.74. The number of aliphatic hydroxyl groups is 1. The molecule has 0 aliphatic rings. The number of anilines is 1. The van der Waals surface area contributed by atoms with Crippen molar-refractivity contribution < 1.29 is 13.5 Å². The fourth-order valence-corrected chi connectivity index (χ4v) is 2.28. The van der Waals surface area contributed by atoms with Crippen molar-refractivity contribution >= 4 is 43.2 Å². The van der Waals surface area contributed by atoms with Crippen molar-refractivity contribution in [2.75, 3.05) is 16.3 Å². The maximum atomic E-state index is 11.1. The Balaban J connectivity index is 3.09. The second kappa shape index (κ2) is 5.35. The minimum absolute atomic E-state index is 0.265. The Morgan fingerprint density at radius 3 is 2.69 bits per heavy atom.